The number of nitrogen functional groups attached to an aromatic ring is 1. The van der Waals surface area contributed by atoms with Gasteiger partial charge in [0.05, 0.1) is 17.8 Å². The predicted octanol–water partition coefficient (Wildman–Crippen LogP) is 2.48. The molecule has 3 rings (SSSR count). The molecule has 0 amide bonds. The van der Waals surface area contributed by atoms with E-state index in [4.69, 9.17) is 10.5 Å². The molecule has 17 heavy (non-hydrogen) atoms. The molecule has 0 aliphatic carbocycles. The highest BCUT2D eigenvalue weighted by molar-refractivity contribution is 9.10. The number of ether oxygens (including phenoxy) is 1. The highest BCUT2D eigenvalue weighted by Gasteiger charge is 2.22. The molecule has 1 aromatic heterocycles. The fourth-order valence-electron chi connectivity index (χ4n) is 2.21. The molecule has 88 valence electrons. The molecule has 1 saturated heterocycles. The molecule has 1 atom stereocenters. The number of hydrogen-bond acceptors (Lipinski definition) is 4. The van der Waals surface area contributed by atoms with Crippen LogP contribution in [0.15, 0.2) is 22.7 Å². The van der Waals surface area contributed by atoms with Gasteiger partial charge in [-0.05, 0) is 24.6 Å². The Kier molecular flexibility index (Phi) is 2.72. The Morgan fingerprint density at radius 3 is 3.00 bits per heavy atom. The lowest BCUT2D eigenvalue weighted by molar-refractivity contribution is 0.193. The number of nitrogens with zero attached hydrogens (tertiary/aromatic N) is 2. The van der Waals surface area contributed by atoms with Gasteiger partial charge in [0, 0.05) is 22.4 Å². The molecule has 1 fully saturated rings. The molecular formula is C12H12BrN3O. The molecule has 1 aromatic carbocycles. The molecule has 2 aromatic rings. The van der Waals surface area contributed by atoms with Crippen LogP contribution in [0.5, 0.6) is 0 Å². The zero-order valence-corrected chi connectivity index (χ0v) is 10.8. The molecule has 1 aliphatic rings. The highest BCUT2D eigenvalue weighted by atomic mass is 79.9. The predicted molar refractivity (Wildman–Crippen MR) is 69.8 cm³/mol. The average Bonchev–Trinajstić information content (AvgIpc) is 2.80. The lowest BCUT2D eigenvalue weighted by Gasteiger charge is -2.11. The summed E-state index contributed by atoms with van der Waals surface area (Å²) >= 11 is 3.44. The first kappa shape index (κ1) is 10.9. The lowest BCUT2D eigenvalue weighted by Crippen LogP contribution is -2.06. The lowest BCUT2D eigenvalue weighted by atomic mass is 10.0. The topological polar surface area (TPSA) is 61.0 Å². The van der Waals surface area contributed by atoms with Gasteiger partial charge in [-0.15, -0.1) is 0 Å². The molecule has 2 N–H and O–H groups in total. The maximum Gasteiger partial charge on any atom is 0.220 e. The Morgan fingerprint density at radius 2 is 2.24 bits per heavy atom. The Morgan fingerprint density at radius 1 is 1.35 bits per heavy atom. The number of halogens is 1. The minimum absolute atomic E-state index is 0.331. The van der Waals surface area contributed by atoms with Crippen LogP contribution in [0.1, 0.15) is 18.0 Å². The van der Waals surface area contributed by atoms with Crippen LogP contribution in [0.25, 0.3) is 10.9 Å². The highest BCUT2D eigenvalue weighted by Crippen LogP contribution is 2.30. The van der Waals surface area contributed by atoms with Crippen molar-refractivity contribution in [2.75, 3.05) is 18.9 Å². The quantitative estimate of drug-likeness (QED) is 0.877. The summed E-state index contributed by atoms with van der Waals surface area (Å²) in [4.78, 5) is 8.65. The van der Waals surface area contributed by atoms with Gasteiger partial charge >= 0.3 is 0 Å². The van der Waals surface area contributed by atoms with Crippen molar-refractivity contribution in [2.45, 2.75) is 12.3 Å². The van der Waals surface area contributed by atoms with Gasteiger partial charge in [-0.25, -0.2) is 9.97 Å². The number of fused-ring (bicyclic) bond motifs is 1. The Balaban J connectivity index is 2.21. The molecule has 5 heteroatoms. The van der Waals surface area contributed by atoms with Crippen LogP contribution in [0.3, 0.4) is 0 Å². The van der Waals surface area contributed by atoms with Crippen LogP contribution in [0.4, 0.5) is 5.95 Å². The van der Waals surface area contributed by atoms with Gasteiger partial charge in [-0.3, -0.25) is 0 Å². The second kappa shape index (κ2) is 4.23. The van der Waals surface area contributed by atoms with Crippen molar-refractivity contribution >= 4 is 32.8 Å². The fourth-order valence-corrected chi connectivity index (χ4v) is 2.56. The molecule has 2 heterocycles. The van der Waals surface area contributed by atoms with Gasteiger partial charge in [-0.2, -0.15) is 0 Å². The molecular weight excluding hydrogens is 282 g/mol. The van der Waals surface area contributed by atoms with Crippen LogP contribution in [-0.2, 0) is 4.74 Å². The van der Waals surface area contributed by atoms with Crippen LogP contribution < -0.4 is 5.73 Å². The number of hydrogen-bond donors (Lipinski definition) is 1. The van der Waals surface area contributed by atoms with Gasteiger partial charge in [0.15, 0.2) is 0 Å². The van der Waals surface area contributed by atoms with Crippen LogP contribution in [0, 0.1) is 0 Å². The van der Waals surface area contributed by atoms with Crippen molar-refractivity contribution in [1.29, 1.82) is 0 Å². The fraction of sp³-hybridized carbons (Fsp3) is 0.333. The second-order valence-corrected chi connectivity index (χ2v) is 5.10. The first-order chi connectivity index (χ1) is 8.24. The van der Waals surface area contributed by atoms with Crippen molar-refractivity contribution in [3.05, 3.63) is 28.4 Å². The summed E-state index contributed by atoms with van der Waals surface area (Å²) in [5.41, 5.74) is 7.66. The summed E-state index contributed by atoms with van der Waals surface area (Å²) in [6.07, 6.45) is 1.00. The van der Waals surface area contributed by atoms with E-state index in [0.717, 1.165) is 40.7 Å². The van der Waals surface area contributed by atoms with Crippen molar-refractivity contribution in [1.82, 2.24) is 9.97 Å². The third-order valence-electron chi connectivity index (χ3n) is 3.02. The molecule has 1 unspecified atom stereocenters. The SMILES string of the molecule is Nc1nc(C2CCOC2)c2ccc(Br)cc2n1. The van der Waals surface area contributed by atoms with E-state index in [-0.39, 0.29) is 0 Å². The zero-order chi connectivity index (χ0) is 11.8. The van der Waals surface area contributed by atoms with Crippen LogP contribution in [-0.4, -0.2) is 23.2 Å². The van der Waals surface area contributed by atoms with Gasteiger partial charge < -0.3 is 10.5 Å². The van der Waals surface area contributed by atoms with E-state index in [1.807, 2.05) is 18.2 Å². The number of rotatable bonds is 1. The van der Waals surface area contributed by atoms with E-state index in [2.05, 4.69) is 25.9 Å². The second-order valence-electron chi connectivity index (χ2n) is 4.19. The molecule has 0 radical (unpaired) electrons. The molecule has 1 aliphatic heterocycles. The Hall–Kier alpha value is -1.20. The maximum atomic E-state index is 5.76. The van der Waals surface area contributed by atoms with E-state index in [9.17, 15) is 0 Å². The van der Waals surface area contributed by atoms with Crippen LogP contribution in [0.2, 0.25) is 0 Å². The minimum atomic E-state index is 0.331. The summed E-state index contributed by atoms with van der Waals surface area (Å²) in [5, 5.41) is 1.07. The number of benzene rings is 1. The normalized spacial score (nSPS) is 19.9. The summed E-state index contributed by atoms with van der Waals surface area (Å²) in [6.45, 7) is 1.52. The first-order valence-electron chi connectivity index (χ1n) is 5.54. The maximum absolute atomic E-state index is 5.76. The van der Waals surface area contributed by atoms with Gasteiger partial charge in [0.1, 0.15) is 0 Å². The third kappa shape index (κ3) is 2.00. The van der Waals surface area contributed by atoms with Gasteiger partial charge in [0.25, 0.3) is 0 Å². The van der Waals surface area contributed by atoms with E-state index in [1.165, 1.54) is 0 Å². The third-order valence-corrected chi connectivity index (χ3v) is 3.52. The van der Waals surface area contributed by atoms with E-state index in [1.54, 1.807) is 0 Å². The zero-order valence-electron chi connectivity index (χ0n) is 9.19. The van der Waals surface area contributed by atoms with E-state index >= 15 is 0 Å². The molecule has 0 saturated carbocycles. The number of anilines is 1. The molecule has 4 nitrogen and oxygen atoms in total. The molecule has 0 bridgehead atoms. The van der Waals surface area contributed by atoms with Crippen molar-refractivity contribution in [2.24, 2.45) is 0 Å². The van der Waals surface area contributed by atoms with Gasteiger partial charge in [-0.1, -0.05) is 15.9 Å². The Bertz CT molecular complexity index is 562. The number of aromatic nitrogens is 2. The first-order valence-corrected chi connectivity index (χ1v) is 6.34. The molecule has 0 spiro atoms. The van der Waals surface area contributed by atoms with Crippen molar-refractivity contribution in [3.63, 3.8) is 0 Å². The van der Waals surface area contributed by atoms with E-state index in [0.29, 0.717) is 11.9 Å². The van der Waals surface area contributed by atoms with E-state index < -0.39 is 0 Å². The largest absolute Gasteiger partial charge is 0.381 e. The Labute approximate surface area is 107 Å². The van der Waals surface area contributed by atoms with Crippen molar-refractivity contribution < 1.29 is 4.74 Å². The van der Waals surface area contributed by atoms with Crippen molar-refractivity contribution in [3.8, 4) is 0 Å². The van der Waals surface area contributed by atoms with Crippen LogP contribution >= 0.6 is 15.9 Å². The monoisotopic (exact) mass is 293 g/mol. The van der Waals surface area contributed by atoms with Gasteiger partial charge in [0.2, 0.25) is 5.95 Å². The average molecular weight is 294 g/mol. The summed E-state index contributed by atoms with van der Waals surface area (Å²) < 4.78 is 6.41. The summed E-state index contributed by atoms with van der Waals surface area (Å²) in [6, 6.07) is 6.00. The standard InChI is InChI=1S/C12H12BrN3O/c13-8-1-2-9-10(5-8)15-12(14)16-11(9)7-3-4-17-6-7/h1-2,5,7H,3-4,6H2,(H2,14,15,16). The summed E-state index contributed by atoms with van der Waals surface area (Å²) in [5.74, 6) is 0.668. The minimum Gasteiger partial charge on any atom is -0.381 e. The summed E-state index contributed by atoms with van der Waals surface area (Å²) in [7, 11) is 0. The smallest absolute Gasteiger partial charge is 0.220 e. The number of nitrogens with two attached hydrogens (primary N) is 1.